The normalized spacial score (nSPS) is 23.6. The molecule has 0 aromatic carbocycles. The van der Waals surface area contributed by atoms with Crippen LogP contribution in [0.4, 0.5) is 0 Å². The van der Waals surface area contributed by atoms with Crippen LogP contribution in [0.2, 0.25) is 0 Å². The quantitative estimate of drug-likeness (QED) is 0.830. The number of carboxylic acid groups (broad SMARTS) is 1. The van der Waals surface area contributed by atoms with Gasteiger partial charge in [0.2, 0.25) is 0 Å². The molecule has 1 aliphatic carbocycles. The number of nitrogens with zero attached hydrogens (tertiary/aromatic N) is 2. The van der Waals surface area contributed by atoms with Gasteiger partial charge in [-0.25, -0.2) is 0 Å². The minimum Gasteiger partial charge on any atom is -0.480 e. The predicted octanol–water partition coefficient (Wildman–Crippen LogP) is 2.19. The molecule has 0 aromatic rings. The van der Waals surface area contributed by atoms with E-state index in [0.717, 1.165) is 25.9 Å². The van der Waals surface area contributed by atoms with Crippen LogP contribution < -0.4 is 0 Å². The van der Waals surface area contributed by atoms with Crippen molar-refractivity contribution in [3.8, 4) is 0 Å². The highest BCUT2D eigenvalue weighted by Gasteiger charge is 2.32. The summed E-state index contributed by atoms with van der Waals surface area (Å²) in [5, 5.41) is 9.16. The lowest BCUT2D eigenvalue weighted by Gasteiger charge is -2.41. The van der Waals surface area contributed by atoms with Crippen LogP contribution in [0, 0.1) is 0 Å². The van der Waals surface area contributed by atoms with E-state index < -0.39 is 5.97 Å². The summed E-state index contributed by atoms with van der Waals surface area (Å²) in [5.41, 5.74) is 0. The molecule has 0 aromatic heterocycles. The summed E-state index contributed by atoms with van der Waals surface area (Å²) in [4.78, 5) is 15.9. The smallest absolute Gasteiger partial charge is 0.317 e. The maximum atomic E-state index is 11.1. The van der Waals surface area contributed by atoms with Crippen LogP contribution in [0.5, 0.6) is 0 Å². The van der Waals surface area contributed by atoms with E-state index in [2.05, 4.69) is 23.6 Å². The SMILES string of the molecule is CC(C)N1CCC(N(CC(=O)O)C2CCCC2)CC1. The zero-order chi connectivity index (χ0) is 13.8. The van der Waals surface area contributed by atoms with E-state index in [1.165, 1.54) is 25.7 Å². The molecule has 0 amide bonds. The van der Waals surface area contributed by atoms with E-state index >= 15 is 0 Å². The minimum atomic E-state index is -0.668. The molecule has 2 fully saturated rings. The Morgan fingerprint density at radius 1 is 1.16 bits per heavy atom. The number of carboxylic acids is 1. The molecule has 110 valence electrons. The number of aliphatic carboxylic acids is 1. The van der Waals surface area contributed by atoms with Crippen LogP contribution in [-0.2, 0) is 4.79 Å². The third-order valence-corrected chi connectivity index (χ3v) is 4.81. The van der Waals surface area contributed by atoms with Gasteiger partial charge in [-0.05, 0) is 52.6 Å². The van der Waals surface area contributed by atoms with E-state index in [9.17, 15) is 4.79 Å². The van der Waals surface area contributed by atoms with Crippen molar-refractivity contribution in [2.24, 2.45) is 0 Å². The van der Waals surface area contributed by atoms with E-state index in [1.807, 2.05) is 0 Å². The van der Waals surface area contributed by atoms with Crippen LogP contribution in [0.25, 0.3) is 0 Å². The molecule has 0 atom stereocenters. The molecule has 0 bridgehead atoms. The third-order valence-electron chi connectivity index (χ3n) is 4.81. The lowest BCUT2D eigenvalue weighted by molar-refractivity contribution is -0.140. The zero-order valence-corrected chi connectivity index (χ0v) is 12.3. The van der Waals surface area contributed by atoms with Crippen molar-refractivity contribution in [3.05, 3.63) is 0 Å². The topological polar surface area (TPSA) is 43.8 Å². The van der Waals surface area contributed by atoms with Crippen LogP contribution in [-0.4, -0.2) is 58.6 Å². The Bertz CT molecular complexity index is 293. The van der Waals surface area contributed by atoms with Crippen LogP contribution in [0.15, 0.2) is 0 Å². The molecule has 1 N–H and O–H groups in total. The Morgan fingerprint density at radius 2 is 1.68 bits per heavy atom. The van der Waals surface area contributed by atoms with Crippen molar-refractivity contribution in [1.29, 1.82) is 0 Å². The van der Waals surface area contributed by atoms with Crippen molar-refractivity contribution in [1.82, 2.24) is 9.80 Å². The third kappa shape index (κ3) is 3.93. The van der Waals surface area contributed by atoms with Gasteiger partial charge < -0.3 is 10.0 Å². The number of piperidine rings is 1. The first-order valence-corrected chi connectivity index (χ1v) is 7.79. The molecule has 1 aliphatic heterocycles. The highest BCUT2D eigenvalue weighted by atomic mass is 16.4. The van der Waals surface area contributed by atoms with Gasteiger partial charge in [0.25, 0.3) is 0 Å². The Hall–Kier alpha value is -0.610. The van der Waals surface area contributed by atoms with Crippen LogP contribution in [0.3, 0.4) is 0 Å². The summed E-state index contributed by atoms with van der Waals surface area (Å²) in [6.45, 7) is 6.95. The van der Waals surface area contributed by atoms with Gasteiger partial charge in [0.05, 0.1) is 6.54 Å². The number of hydrogen-bond acceptors (Lipinski definition) is 3. The van der Waals surface area contributed by atoms with Gasteiger partial charge in [-0.1, -0.05) is 12.8 Å². The van der Waals surface area contributed by atoms with Gasteiger partial charge in [-0.3, -0.25) is 9.69 Å². The number of rotatable bonds is 5. The van der Waals surface area contributed by atoms with Gasteiger partial charge in [-0.15, -0.1) is 0 Å². The van der Waals surface area contributed by atoms with Crippen molar-refractivity contribution in [2.75, 3.05) is 19.6 Å². The van der Waals surface area contributed by atoms with E-state index in [1.54, 1.807) is 0 Å². The van der Waals surface area contributed by atoms with Gasteiger partial charge in [0.15, 0.2) is 0 Å². The molecule has 2 rings (SSSR count). The molecular weight excluding hydrogens is 240 g/mol. The fourth-order valence-electron chi connectivity index (χ4n) is 3.68. The number of carbonyl (C=O) groups is 1. The summed E-state index contributed by atoms with van der Waals surface area (Å²) in [7, 11) is 0. The highest BCUT2D eigenvalue weighted by Crippen LogP contribution is 2.28. The summed E-state index contributed by atoms with van der Waals surface area (Å²) >= 11 is 0. The van der Waals surface area contributed by atoms with E-state index in [-0.39, 0.29) is 6.54 Å². The summed E-state index contributed by atoms with van der Waals surface area (Å²) in [6, 6.07) is 1.61. The maximum absolute atomic E-state index is 11.1. The van der Waals surface area contributed by atoms with E-state index in [0.29, 0.717) is 18.1 Å². The predicted molar refractivity (Wildman–Crippen MR) is 76.3 cm³/mol. The first-order chi connectivity index (χ1) is 9.08. The van der Waals surface area contributed by atoms with Crippen LogP contribution >= 0.6 is 0 Å². The Kier molecular flexibility index (Phi) is 5.22. The molecule has 19 heavy (non-hydrogen) atoms. The second-order valence-electron chi connectivity index (χ2n) is 6.37. The fraction of sp³-hybridized carbons (Fsp3) is 0.933. The second-order valence-corrected chi connectivity index (χ2v) is 6.37. The van der Waals surface area contributed by atoms with Gasteiger partial charge in [-0.2, -0.15) is 0 Å². The Morgan fingerprint density at radius 3 is 2.16 bits per heavy atom. The monoisotopic (exact) mass is 268 g/mol. The molecule has 0 radical (unpaired) electrons. The molecule has 1 heterocycles. The minimum absolute atomic E-state index is 0.233. The zero-order valence-electron chi connectivity index (χ0n) is 12.3. The van der Waals surface area contributed by atoms with E-state index in [4.69, 9.17) is 5.11 Å². The molecule has 4 nitrogen and oxygen atoms in total. The molecule has 0 unspecified atom stereocenters. The first kappa shape index (κ1) is 14.8. The second kappa shape index (κ2) is 6.71. The van der Waals surface area contributed by atoms with Gasteiger partial charge in [0, 0.05) is 18.1 Å². The lowest BCUT2D eigenvalue weighted by atomic mass is 9.99. The van der Waals surface area contributed by atoms with Gasteiger partial charge in [0.1, 0.15) is 0 Å². The largest absolute Gasteiger partial charge is 0.480 e. The van der Waals surface area contributed by atoms with Gasteiger partial charge >= 0.3 is 5.97 Å². The molecular formula is C15H28N2O2. The summed E-state index contributed by atoms with van der Waals surface area (Å²) in [6.07, 6.45) is 7.18. The van der Waals surface area contributed by atoms with Crippen molar-refractivity contribution < 1.29 is 9.90 Å². The fourth-order valence-corrected chi connectivity index (χ4v) is 3.68. The lowest BCUT2D eigenvalue weighted by Crippen LogP contribution is -2.51. The molecule has 1 saturated carbocycles. The van der Waals surface area contributed by atoms with Crippen molar-refractivity contribution >= 4 is 5.97 Å². The Labute approximate surface area is 116 Å². The summed E-state index contributed by atoms with van der Waals surface area (Å²) < 4.78 is 0. The average Bonchev–Trinajstić information content (AvgIpc) is 2.89. The van der Waals surface area contributed by atoms with Crippen molar-refractivity contribution in [3.63, 3.8) is 0 Å². The van der Waals surface area contributed by atoms with Crippen LogP contribution in [0.1, 0.15) is 52.4 Å². The molecule has 0 spiro atoms. The molecule has 1 saturated heterocycles. The standard InChI is InChI=1S/C15H28N2O2/c1-12(2)16-9-7-14(8-10-16)17(11-15(18)19)13-5-3-4-6-13/h12-14H,3-11H2,1-2H3,(H,18,19). The number of hydrogen-bond donors (Lipinski definition) is 1. The molecule has 2 aliphatic rings. The van der Waals surface area contributed by atoms with Crippen molar-refractivity contribution in [2.45, 2.75) is 70.5 Å². The summed E-state index contributed by atoms with van der Waals surface area (Å²) in [5.74, 6) is -0.668. The first-order valence-electron chi connectivity index (χ1n) is 7.79. The maximum Gasteiger partial charge on any atom is 0.317 e. The highest BCUT2D eigenvalue weighted by molar-refractivity contribution is 5.69. The Balaban J connectivity index is 1.93. The number of likely N-dealkylation sites (tertiary alicyclic amines) is 1. The molecule has 4 heteroatoms. The average molecular weight is 268 g/mol.